The van der Waals surface area contributed by atoms with Gasteiger partial charge in [0.05, 0.1) is 13.4 Å². The van der Waals surface area contributed by atoms with Gasteiger partial charge in [0.15, 0.2) is 0 Å². The van der Waals surface area contributed by atoms with Gasteiger partial charge in [-0.3, -0.25) is 4.79 Å². The first-order valence-corrected chi connectivity index (χ1v) is 5.75. The fraction of sp³-hybridized carbons (Fsp3) is 0.667. The minimum Gasteiger partial charge on any atom is -0.469 e. The number of esters is 1. The van der Waals surface area contributed by atoms with Gasteiger partial charge in [0.2, 0.25) is 0 Å². The van der Waals surface area contributed by atoms with Crippen molar-refractivity contribution >= 4 is 5.97 Å². The van der Waals surface area contributed by atoms with Crippen LogP contribution in [0.15, 0.2) is 18.7 Å². The Labute approximate surface area is 96.6 Å². The van der Waals surface area contributed by atoms with Crippen molar-refractivity contribution in [3.8, 4) is 0 Å². The molecule has 0 amide bonds. The number of nitrogens with zero attached hydrogens (tertiary/aromatic N) is 2. The molecule has 0 N–H and O–H groups in total. The largest absolute Gasteiger partial charge is 0.469 e. The van der Waals surface area contributed by atoms with Crippen LogP contribution in [0.1, 0.15) is 32.6 Å². The lowest BCUT2D eigenvalue weighted by Gasteiger charge is -2.11. The highest BCUT2D eigenvalue weighted by Crippen LogP contribution is 2.11. The number of methoxy groups -OCH3 is 1. The van der Waals surface area contributed by atoms with Crippen LogP contribution in [0, 0.1) is 5.92 Å². The molecule has 0 saturated carbocycles. The van der Waals surface area contributed by atoms with Crippen molar-refractivity contribution in [2.75, 3.05) is 7.11 Å². The van der Waals surface area contributed by atoms with Gasteiger partial charge in [-0.1, -0.05) is 13.3 Å². The van der Waals surface area contributed by atoms with Crippen LogP contribution in [0.3, 0.4) is 0 Å². The van der Waals surface area contributed by atoms with Crippen LogP contribution < -0.4 is 0 Å². The first kappa shape index (κ1) is 12.7. The number of ether oxygens (including phenoxy) is 1. The molecule has 0 saturated heterocycles. The van der Waals surface area contributed by atoms with E-state index in [0.29, 0.717) is 12.3 Å². The fourth-order valence-electron chi connectivity index (χ4n) is 1.71. The second kappa shape index (κ2) is 7.04. The molecule has 0 aromatic carbocycles. The number of carbonyl (C=O) groups is 1. The third kappa shape index (κ3) is 4.96. The Morgan fingerprint density at radius 3 is 2.94 bits per heavy atom. The Kier molecular flexibility index (Phi) is 5.61. The minimum absolute atomic E-state index is 0.109. The Balaban J connectivity index is 2.06. The van der Waals surface area contributed by atoms with E-state index in [-0.39, 0.29) is 5.97 Å². The predicted molar refractivity (Wildman–Crippen MR) is 61.9 cm³/mol. The molecule has 0 unspecified atom stereocenters. The molecule has 1 rings (SSSR count). The molecule has 4 nitrogen and oxygen atoms in total. The summed E-state index contributed by atoms with van der Waals surface area (Å²) >= 11 is 0. The first-order valence-electron chi connectivity index (χ1n) is 5.75. The molecule has 1 aromatic rings. The molecule has 0 aliphatic carbocycles. The van der Waals surface area contributed by atoms with Gasteiger partial charge in [-0.25, -0.2) is 4.98 Å². The number of hydrogen-bond acceptors (Lipinski definition) is 3. The molecule has 0 aliphatic rings. The van der Waals surface area contributed by atoms with E-state index in [1.54, 1.807) is 6.20 Å². The van der Waals surface area contributed by atoms with E-state index in [4.69, 9.17) is 0 Å². The standard InChI is InChI=1S/C12H20N2O2/c1-11(9-14-8-7-13-10-14)5-3-4-6-12(15)16-2/h7-8,10-11H,3-6,9H2,1-2H3/t11-/m1/s1. The van der Waals surface area contributed by atoms with Gasteiger partial charge in [-0.2, -0.15) is 0 Å². The zero-order valence-electron chi connectivity index (χ0n) is 10.1. The molecule has 4 heteroatoms. The lowest BCUT2D eigenvalue weighted by atomic mass is 10.0. The Morgan fingerprint density at radius 2 is 2.31 bits per heavy atom. The van der Waals surface area contributed by atoms with Crippen molar-refractivity contribution in [2.24, 2.45) is 5.92 Å². The van der Waals surface area contributed by atoms with Gasteiger partial charge in [-0.05, 0) is 18.8 Å². The summed E-state index contributed by atoms with van der Waals surface area (Å²) in [6.45, 7) is 3.22. The van der Waals surface area contributed by atoms with Crippen molar-refractivity contribution in [1.82, 2.24) is 9.55 Å². The van der Waals surface area contributed by atoms with Gasteiger partial charge < -0.3 is 9.30 Å². The summed E-state index contributed by atoms with van der Waals surface area (Å²) in [6, 6.07) is 0. The highest BCUT2D eigenvalue weighted by molar-refractivity contribution is 5.68. The van der Waals surface area contributed by atoms with Gasteiger partial charge in [0.25, 0.3) is 0 Å². The van der Waals surface area contributed by atoms with Crippen LogP contribution in [0.5, 0.6) is 0 Å². The average Bonchev–Trinajstić information content (AvgIpc) is 2.76. The molecule has 0 spiro atoms. The van der Waals surface area contributed by atoms with Crippen molar-refractivity contribution in [3.05, 3.63) is 18.7 Å². The normalized spacial score (nSPS) is 12.4. The van der Waals surface area contributed by atoms with Crippen LogP contribution >= 0.6 is 0 Å². The molecule has 1 heterocycles. The summed E-state index contributed by atoms with van der Waals surface area (Å²) in [6.07, 6.45) is 9.27. The van der Waals surface area contributed by atoms with Crippen molar-refractivity contribution in [2.45, 2.75) is 39.2 Å². The average molecular weight is 224 g/mol. The topological polar surface area (TPSA) is 44.1 Å². The van der Waals surface area contributed by atoms with Gasteiger partial charge in [0, 0.05) is 25.4 Å². The Morgan fingerprint density at radius 1 is 1.50 bits per heavy atom. The highest BCUT2D eigenvalue weighted by Gasteiger charge is 2.04. The van der Waals surface area contributed by atoms with Gasteiger partial charge in [-0.15, -0.1) is 0 Å². The molecule has 0 bridgehead atoms. The second-order valence-electron chi connectivity index (χ2n) is 4.19. The summed E-state index contributed by atoms with van der Waals surface area (Å²) in [5, 5.41) is 0. The third-order valence-electron chi connectivity index (χ3n) is 2.64. The number of imidazole rings is 1. The molecule has 1 atom stereocenters. The molecule has 0 fully saturated rings. The maximum atomic E-state index is 10.9. The highest BCUT2D eigenvalue weighted by atomic mass is 16.5. The maximum Gasteiger partial charge on any atom is 0.305 e. The fourth-order valence-corrected chi connectivity index (χ4v) is 1.71. The van der Waals surface area contributed by atoms with Crippen molar-refractivity contribution in [1.29, 1.82) is 0 Å². The van der Waals surface area contributed by atoms with Gasteiger partial charge in [0.1, 0.15) is 0 Å². The Bertz CT molecular complexity index is 296. The van der Waals surface area contributed by atoms with E-state index < -0.39 is 0 Å². The summed E-state index contributed by atoms with van der Waals surface area (Å²) in [4.78, 5) is 14.9. The van der Waals surface area contributed by atoms with Crippen molar-refractivity contribution in [3.63, 3.8) is 0 Å². The summed E-state index contributed by atoms with van der Waals surface area (Å²) < 4.78 is 6.68. The molecule has 0 radical (unpaired) electrons. The van der Waals surface area contributed by atoms with E-state index in [9.17, 15) is 4.79 Å². The minimum atomic E-state index is -0.109. The van der Waals surface area contributed by atoms with E-state index in [2.05, 4.69) is 21.2 Å². The molecule has 90 valence electrons. The van der Waals surface area contributed by atoms with Crippen LogP contribution in [-0.2, 0) is 16.1 Å². The third-order valence-corrected chi connectivity index (χ3v) is 2.64. The summed E-state index contributed by atoms with van der Waals surface area (Å²) in [7, 11) is 1.43. The van der Waals surface area contributed by atoms with Crippen molar-refractivity contribution < 1.29 is 9.53 Å². The summed E-state index contributed by atoms with van der Waals surface area (Å²) in [5.41, 5.74) is 0. The SMILES string of the molecule is COC(=O)CCCC[C@@H](C)Cn1ccnc1. The number of unbranched alkanes of at least 4 members (excludes halogenated alkanes) is 1. The lowest BCUT2D eigenvalue weighted by Crippen LogP contribution is -2.06. The predicted octanol–water partition coefficient (Wildman–Crippen LogP) is 2.25. The number of aromatic nitrogens is 2. The molecule has 1 aromatic heterocycles. The molecule has 0 aliphatic heterocycles. The number of rotatable bonds is 7. The molecular formula is C12H20N2O2. The maximum absolute atomic E-state index is 10.9. The zero-order chi connectivity index (χ0) is 11.8. The quantitative estimate of drug-likeness (QED) is 0.527. The van der Waals surface area contributed by atoms with E-state index in [1.807, 2.05) is 12.5 Å². The van der Waals surface area contributed by atoms with Crippen LogP contribution in [0.2, 0.25) is 0 Å². The monoisotopic (exact) mass is 224 g/mol. The van der Waals surface area contributed by atoms with E-state index >= 15 is 0 Å². The Hall–Kier alpha value is -1.32. The lowest BCUT2D eigenvalue weighted by molar-refractivity contribution is -0.140. The summed E-state index contributed by atoms with van der Waals surface area (Å²) in [5.74, 6) is 0.508. The number of carbonyl (C=O) groups excluding carboxylic acids is 1. The molecule has 16 heavy (non-hydrogen) atoms. The van der Waals surface area contributed by atoms with E-state index in [0.717, 1.165) is 25.8 Å². The van der Waals surface area contributed by atoms with Crippen LogP contribution in [-0.4, -0.2) is 22.6 Å². The van der Waals surface area contributed by atoms with Gasteiger partial charge >= 0.3 is 5.97 Å². The first-order chi connectivity index (χ1) is 7.72. The number of hydrogen-bond donors (Lipinski definition) is 0. The smallest absolute Gasteiger partial charge is 0.305 e. The van der Waals surface area contributed by atoms with E-state index in [1.165, 1.54) is 7.11 Å². The second-order valence-corrected chi connectivity index (χ2v) is 4.19. The zero-order valence-corrected chi connectivity index (χ0v) is 10.1. The van der Waals surface area contributed by atoms with Crippen LogP contribution in [0.4, 0.5) is 0 Å². The van der Waals surface area contributed by atoms with Crippen LogP contribution in [0.25, 0.3) is 0 Å². The molecular weight excluding hydrogens is 204 g/mol.